The smallest absolute Gasteiger partial charge is 0.0689 e. The normalized spacial score (nSPS) is 28.0. The van der Waals surface area contributed by atoms with Gasteiger partial charge in [0.15, 0.2) is 0 Å². The summed E-state index contributed by atoms with van der Waals surface area (Å²) in [5, 5.41) is 2.36. The number of hydrogen-bond acceptors (Lipinski definition) is 2. The first-order valence-corrected chi connectivity index (χ1v) is 6.50. The quantitative estimate of drug-likeness (QED) is 0.720. The molecule has 0 saturated heterocycles. The van der Waals surface area contributed by atoms with Crippen molar-refractivity contribution in [1.82, 2.24) is 4.98 Å². The van der Waals surface area contributed by atoms with Crippen molar-refractivity contribution in [3.63, 3.8) is 0 Å². The van der Waals surface area contributed by atoms with E-state index in [9.17, 15) is 0 Å². The summed E-state index contributed by atoms with van der Waals surface area (Å²) in [4.78, 5) is 4.88. The zero-order valence-corrected chi connectivity index (χ0v) is 9.82. The van der Waals surface area contributed by atoms with E-state index in [2.05, 4.69) is 24.3 Å². The van der Waals surface area contributed by atoms with Crippen molar-refractivity contribution in [1.29, 1.82) is 0 Å². The first-order chi connectivity index (χ1) is 8.33. The third-order valence-electron chi connectivity index (χ3n) is 4.42. The molecule has 2 nitrogen and oxygen atoms in total. The minimum atomic E-state index is 0.659. The van der Waals surface area contributed by atoms with Crippen LogP contribution >= 0.6 is 0 Å². The van der Waals surface area contributed by atoms with Crippen LogP contribution in [-0.2, 0) is 6.42 Å². The zero-order chi connectivity index (χ0) is 11.4. The van der Waals surface area contributed by atoms with Gasteiger partial charge in [0, 0.05) is 22.4 Å². The number of fused-ring (bicyclic) bond motifs is 5. The highest BCUT2D eigenvalue weighted by Crippen LogP contribution is 2.40. The van der Waals surface area contributed by atoms with Gasteiger partial charge in [-0.15, -0.1) is 0 Å². The van der Waals surface area contributed by atoms with Gasteiger partial charge in [0.1, 0.15) is 0 Å². The Bertz CT molecular complexity index is 640. The summed E-state index contributed by atoms with van der Waals surface area (Å²) in [6, 6.07) is 0. The Morgan fingerprint density at radius 3 is 3.18 bits per heavy atom. The van der Waals surface area contributed by atoms with Crippen molar-refractivity contribution in [3.05, 3.63) is 34.0 Å². The van der Waals surface area contributed by atoms with Crippen LogP contribution in [0.15, 0.2) is 12.2 Å². The lowest BCUT2D eigenvalue weighted by Gasteiger charge is -2.19. The van der Waals surface area contributed by atoms with E-state index in [0.29, 0.717) is 5.92 Å². The summed E-state index contributed by atoms with van der Waals surface area (Å²) in [6.45, 7) is 0. The first-order valence-electron chi connectivity index (χ1n) is 6.50. The predicted molar refractivity (Wildman–Crippen MR) is 69.8 cm³/mol. The van der Waals surface area contributed by atoms with Crippen LogP contribution in [0.1, 0.15) is 36.4 Å². The van der Waals surface area contributed by atoms with Crippen molar-refractivity contribution >= 4 is 17.8 Å². The average molecular weight is 224 g/mol. The lowest BCUT2D eigenvalue weighted by atomic mass is 9.90. The first kappa shape index (κ1) is 9.46. The molecule has 0 radical (unpaired) electrons. The molecule has 2 bridgehead atoms. The molecule has 1 aromatic rings. The molecule has 1 aromatic heterocycles. The Morgan fingerprint density at radius 2 is 2.24 bits per heavy atom. The average Bonchev–Trinajstić information content (AvgIpc) is 2.75. The van der Waals surface area contributed by atoms with E-state index in [1.165, 1.54) is 35.7 Å². The van der Waals surface area contributed by atoms with Crippen molar-refractivity contribution in [2.75, 3.05) is 5.73 Å². The maximum absolute atomic E-state index is 6.35. The summed E-state index contributed by atoms with van der Waals surface area (Å²) in [6.07, 6.45) is 13.5. The third kappa shape index (κ3) is 1.24. The van der Waals surface area contributed by atoms with Crippen LogP contribution in [0.25, 0.3) is 12.2 Å². The number of aromatic nitrogens is 1. The van der Waals surface area contributed by atoms with E-state index in [0.717, 1.165) is 23.4 Å². The summed E-state index contributed by atoms with van der Waals surface area (Å²) in [5.41, 5.74) is 9.83. The highest BCUT2D eigenvalue weighted by molar-refractivity contribution is 5.59. The molecule has 2 atom stereocenters. The lowest BCUT2D eigenvalue weighted by molar-refractivity contribution is 0.643. The van der Waals surface area contributed by atoms with Crippen LogP contribution in [0.2, 0.25) is 0 Å². The number of nitrogens with two attached hydrogens (primary N) is 1. The van der Waals surface area contributed by atoms with Gasteiger partial charge in [-0.1, -0.05) is 18.2 Å². The second-order valence-electron chi connectivity index (χ2n) is 5.42. The number of pyridine rings is 1. The Morgan fingerprint density at radius 1 is 1.29 bits per heavy atom. The van der Waals surface area contributed by atoms with Gasteiger partial charge in [-0.2, -0.15) is 0 Å². The minimum absolute atomic E-state index is 0.659. The van der Waals surface area contributed by atoms with Gasteiger partial charge in [0.25, 0.3) is 0 Å². The van der Waals surface area contributed by atoms with E-state index in [1.54, 1.807) is 0 Å². The van der Waals surface area contributed by atoms with Crippen LogP contribution < -0.4 is 16.3 Å². The third-order valence-corrected chi connectivity index (χ3v) is 4.42. The molecule has 0 amide bonds. The number of hydrogen-bond donors (Lipinski definition) is 1. The number of nitrogen functional groups attached to an aromatic ring is 1. The SMILES string of the molecule is Nc1c2c(nc3c1=CC1CCC3C1)=CC=CC2. The number of rotatable bonds is 0. The molecule has 4 rings (SSSR count). The van der Waals surface area contributed by atoms with Crippen LogP contribution in [0.5, 0.6) is 0 Å². The molecule has 1 fully saturated rings. The Labute approximate surface area is 101 Å². The molecule has 2 N–H and O–H groups in total. The summed E-state index contributed by atoms with van der Waals surface area (Å²) >= 11 is 0. The van der Waals surface area contributed by atoms with Gasteiger partial charge in [-0.05, 0) is 37.7 Å². The summed E-state index contributed by atoms with van der Waals surface area (Å²) in [7, 11) is 0. The second-order valence-corrected chi connectivity index (χ2v) is 5.42. The van der Waals surface area contributed by atoms with Gasteiger partial charge in [-0.3, -0.25) is 4.98 Å². The fraction of sp³-hybridized carbons (Fsp3) is 0.400. The van der Waals surface area contributed by atoms with E-state index < -0.39 is 0 Å². The predicted octanol–water partition coefficient (Wildman–Crippen LogP) is 1.23. The molecular formula is C15H16N2. The fourth-order valence-corrected chi connectivity index (χ4v) is 3.53. The standard InChI is InChI=1S/C15H16N2/c16-14-11-3-1-2-4-13(11)17-15-10-6-5-9(7-10)8-12(14)15/h1-2,4,8-10H,3,5-7,16H2. The van der Waals surface area contributed by atoms with Crippen LogP contribution in [-0.4, -0.2) is 4.98 Å². The maximum Gasteiger partial charge on any atom is 0.0689 e. The van der Waals surface area contributed by atoms with Crippen molar-refractivity contribution in [2.45, 2.75) is 31.6 Å². The highest BCUT2D eigenvalue weighted by Gasteiger charge is 2.31. The molecule has 3 aliphatic rings. The highest BCUT2D eigenvalue weighted by atomic mass is 14.7. The topological polar surface area (TPSA) is 38.9 Å². The molecule has 0 spiro atoms. The number of allylic oxidation sites excluding steroid dienone is 2. The van der Waals surface area contributed by atoms with Crippen LogP contribution in [0.3, 0.4) is 0 Å². The molecular weight excluding hydrogens is 208 g/mol. The molecule has 1 saturated carbocycles. The van der Waals surface area contributed by atoms with Gasteiger partial charge in [-0.25, -0.2) is 0 Å². The molecule has 3 aliphatic carbocycles. The van der Waals surface area contributed by atoms with Gasteiger partial charge >= 0.3 is 0 Å². The molecule has 2 unspecified atom stereocenters. The monoisotopic (exact) mass is 224 g/mol. The summed E-state index contributed by atoms with van der Waals surface area (Å²) in [5.74, 6) is 1.41. The van der Waals surface area contributed by atoms with Gasteiger partial charge in [0.05, 0.1) is 11.0 Å². The van der Waals surface area contributed by atoms with Crippen molar-refractivity contribution < 1.29 is 0 Å². The Hall–Kier alpha value is -1.57. The number of anilines is 1. The lowest BCUT2D eigenvalue weighted by Crippen LogP contribution is -2.32. The Kier molecular flexibility index (Phi) is 1.79. The minimum Gasteiger partial charge on any atom is -0.398 e. The van der Waals surface area contributed by atoms with E-state index in [4.69, 9.17) is 10.7 Å². The summed E-state index contributed by atoms with van der Waals surface area (Å²) < 4.78 is 0. The van der Waals surface area contributed by atoms with Gasteiger partial charge < -0.3 is 5.73 Å². The number of nitrogens with zero attached hydrogens (tertiary/aromatic N) is 1. The fourth-order valence-electron chi connectivity index (χ4n) is 3.53. The van der Waals surface area contributed by atoms with E-state index in [1.807, 2.05) is 0 Å². The zero-order valence-electron chi connectivity index (χ0n) is 9.82. The maximum atomic E-state index is 6.35. The largest absolute Gasteiger partial charge is 0.398 e. The molecule has 17 heavy (non-hydrogen) atoms. The van der Waals surface area contributed by atoms with Crippen molar-refractivity contribution in [3.8, 4) is 0 Å². The van der Waals surface area contributed by atoms with Crippen LogP contribution in [0, 0.1) is 5.92 Å². The van der Waals surface area contributed by atoms with Gasteiger partial charge in [0.2, 0.25) is 0 Å². The van der Waals surface area contributed by atoms with Crippen LogP contribution in [0.4, 0.5) is 5.69 Å². The molecule has 0 aromatic carbocycles. The van der Waals surface area contributed by atoms with Crippen molar-refractivity contribution in [2.24, 2.45) is 5.92 Å². The second kappa shape index (κ2) is 3.22. The molecule has 86 valence electrons. The van der Waals surface area contributed by atoms with E-state index >= 15 is 0 Å². The Balaban J connectivity index is 2.10. The molecule has 0 aliphatic heterocycles. The molecule has 1 heterocycles. The molecule has 2 heteroatoms. The van der Waals surface area contributed by atoms with E-state index in [-0.39, 0.29) is 0 Å².